The molecule has 0 amide bonds. The van der Waals surface area contributed by atoms with E-state index in [4.69, 9.17) is 9.47 Å². The van der Waals surface area contributed by atoms with Gasteiger partial charge in [0, 0.05) is 26.3 Å². The van der Waals surface area contributed by atoms with Gasteiger partial charge in [-0.15, -0.1) is 0 Å². The molecule has 0 radical (unpaired) electrons. The fourth-order valence-corrected chi connectivity index (χ4v) is 2.20. The second-order valence-corrected chi connectivity index (χ2v) is 5.51. The van der Waals surface area contributed by atoms with Gasteiger partial charge in [-0.1, -0.05) is 6.92 Å². The van der Waals surface area contributed by atoms with Gasteiger partial charge in [0.2, 0.25) is 11.9 Å². The van der Waals surface area contributed by atoms with E-state index in [1.54, 1.807) is 0 Å². The first-order valence-electron chi connectivity index (χ1n) is 7.59. The molecule has 1 fully saturated rings. The predicted molar refractivity (Wildman–Crippen MR) is 81.8 cm³/mol. The van der Waals surface area contributed by atoms with Crippen LogP contribution in [0.3, 0.4) is 0 Å². The third-order valence-corrected chi connectivity index (χ3v) is 3.60. The maximum Gasteiger partial charge on any atom is 0.323 e. The van der Waals surface area contributed by atoms with Crippen LogP contribution < -0.4 is 15.4 Å². The molecule has 0 spiro atoms. The topological polar surface area (TPSA) is 81.2 Å². The van der Waals surface area contributed by atoms with E-state index in [-0.39, 0.29) is 5.41 Å². The lowest BCUT2D eigenvalue weighted by molar-refractivity contribution is 0.0299. The van der Waals surface area contributed by atoms with Gasteiger partial charge in [-0.05, 0) is 32.1 Å². The summed E-state index contributed by atoms with van der Waals surface area (Å²) in [5, 5.41) is 6.41. The summed E-state index contributed by atoms with van der Waals surface area (Å²) in [6, 6.07) is 0.350. The van der Waals surface area contributed by atoms with Crippen LogP contribution in [0.5, 0.6) is 6.01 Å². The highest BCUT2D eigenvalue weighted by Crippen LogP contribution is 2.29. The third kappa shape index (κ3) is 4.70. The average molecular weight is 295 g/mol. The molecule has 118 valence electrons. The summed E-state index contributed by atoms with van der Waals surface area (Å²) in [7, 11) is 0. The lowest BCUT2D eigenvalue weighted by atomic mass is 9.82. The van der Waals surface area contributed by atoms with E-state index in [1.807, 2.05) is 13.8 Å². The molecule has 1 aliphatic rings. The van der Waals surface area contributed by atoms with E-state index in [0.717, 1.165) is 39.1 Å². The lowest BCUT2D eigenvalue weighted by Gasteiger charge is -2.33. The van der Waals surface area contributed by atoms with E-state index in [2.05, 4.69) is 32.5 Å². The van der Waals surface area contributed by atoms with Crippen molar-refractivity contribution in [3.63, 3.8) is 0 Å². The van der Waals surface area contributed by atoms with Crippen molar-refractivity contribution in [2.24, 2.45) is 5.41 Å². The Kier molecular flexibility index (Phi) is 5.55. The SMILES string of the molecule is CCNc1nc(NCC2(C)CCOCC2)nc(OCC)n1. The second kappa shape index (κ2) is 7.40. The summed E-state index contributed by atoms with van der Waals surface area (Å²) in [6.45, 7) is 9.92. The fourth-order valence-electron chi connectivity index (χ4n) is 2.20. The Labute approximate surface area is 125 Å². The minimum absolute atomic E-state index is 0.217. The maximum absolute atomic E-state index is 5.42. The molecule has 21 heavy (non-hydrogen) atoms. The van der Waals surface area contributed by atoms with Gasteiger partial charge in [0.15, 0.2) is 0 Å². The maximum atomic E-state index is 5.42. The zero-order valence-corrected chi connectivity index (χ0v) is 13.1. The highest BCUT2D eigenvalue weighted by Gasteiger charge is 2.27. The van der Waals surface area contributed by atoms with E-state index in [9.17, 15) is 0 Å². The van der Waals surface area contributed by atoms with Gasteiger partial charge in [-0.2, -0.15) is 15.0 Å². The number of hydrogen-bond donors (Lipinski definition) is 2. The molecule has 1 saturated heterocycles. The van der Waals surface area contributed by atoms with Gasteiger partial charge < -0.3 is 20.1 Å². The standard InChI is InChI=1S/C14H25N5O2/c1-4-15-11-17-12(19-13(18-11)21-5-2)16-10-14(3)6-8-20-9-7-14/h4-10H2,1-3H3,(H2,15,16,17,18,19). The van der Waals surface area contributed by atoms with Crippen molar-refractivity contribution in [3.05, 3.63) is 0 Å². The van der Waals surface area contributed by atoms with Crippen LogP contribution in [-0.2, 0) is 4.74 Å². The van der Waals surface area contributed by atoms with Gasteiger partial charge in [-0.25, -0.2) is 0 Å². The van der Waals surface area contributed by atoms with E-state index in [0.29, 0.717) is 24.5 Å². The van der Waals surface area contributed by atoms with Crippen molar-refractivity contribution in [2.75, 3.05) is 43.5 Å². The molecule has 7 nitrogen and oxygen atoms in total. The van der Waals surface area contributed by atoms with Crippen molar-refractivity contribution in [2.45, 2.75) is 33.6 Å². The number of nitrogens with zero attached hydrogens (tertiary/aromatic N) is 3. The first-order valence-corrected chi connectivity index (χ1v) is 7.59. The molecule has 1 aromatic rings. The van der Waals surface area contributed by atoms with E-state index >= 15 is 0 Å². The first kappa shape index (κ1) is 15.8. The summed E-state index contributed by atoms with van der Waals surface area (Å²) < 4.78 is 10.8. The van der Waals surface area contributed by atoms with Crippen LogP contribution in [0.25, 0.3) is 0 Å². The molecule has 2 heterocycles. The number of rotatable bonds is 7. The first-order chi connectivity index (χ1) is 10.1. The van der Waals surface area contributed by atoms with Crippen LogP contribution in [0, 0.1) is 5.41 Å². The quantitative estimate of drug-likeness (QED) is 0.795. The molecule has 0 aromatic carbocycles. The smallest absolute Gasteiger partial charge is 0.323 e. The molecule has 0 saturated carbocycles. The molecule has 0 unspecified atom stereocenters. The number of anilines is 2. The van der Waals surface area contributed by atoms with E-state index in [1.165, 1.54) is 0 Å². The highest BCUT2D eigenvalue weighted by molar-refractivity contribution is 5.36. The summed E-state index contributed by atoms with van der Waals surface area (Å²) in [6.07, 6.45) is 2.09. The van der Waals surface area contributed by atoms with Crippen molar-refractivity contribution < 1.29 is 9.47 Å². The molecule has 0 atom stereocenters. The van der Waals surface area contributed by atoms with Gasteiger partial charge in [-0.3, -0.25) is 0 Å². The van der Waals surface area contributed by atoms with Crippen molar-refractivity contribution in [1.29, 1.82) is 0 Å². The predicted octanol–water partition coefficient (Wildman–Crippen LogP) is 1.93. The van der Waals surface area contributed by atoms with Crippen LogP contribution in [0.2, 0.25) is 0 Å². The Morgan fingerprint density at radius 3 is 2.38 bits per heavy atom. The van der Waals surface area contributed by atoms with E-state index < -0.39 is 0 Å². The zero-order chi connectivity index (χ0) is 15.1. The Morgan fingerprint density at radius 2 is 1.76 bits per heavy atom. The fraction of sp³-hybridized carbons (Fsp3) is 0.786. The lowest BCUT2D eigenvalue weighted by Crippen LogP contribution is -2.33. The Bertz CT molecular complexity index is 425. The van der Waals surface area contributed by atoms with Gasteiger partial charge in [0.05, 0.1) is 6.61 Å². The van der Waals surface area contributed by atoms with Crippen molar-refractivity contribution in [1.82, 2.24) is 15.0 Å². The highest BCUT2D eigenvalue weighted by atomic mass is 16.5. The number of nitrogens with one attached hydrogen (secondary N) is 2. The molecule has 7 heteroatoms. The minimum atomic E-state index is 0.217. The minimum Gasteiger partial charge on any atom is -0.464 e. The summed E-state index contributed by atoms with van der Waals surface area (Å²) in [5.41, 5.74) is 0.217. The Morgan fingerprint density at radius 1 is 1.10 bits per heavy atom. The average Bonchev–Trinajstić information content (AvgIpc) is 2.47. The summed E-state index contributed by atoms with van der Waals surface area (Å²) >= 11 is 0. The van der Waals surface area contributed by atoms with Gasteiger partial charge in [0.1, 0.15) is 0 Å². The molecule has 0 aliphatic carbocycles. The van der Waals surface area contributed by atoms with Crippen molar-refractivity contribution in [3.8, 4) is 6.01 Å². The van der Waals surface area contributed by atoms with Crippen LogP contribution in [0.4, 0.5) is 11.9 Å². The normalized spacial score (nSPS) is 17.3. The molecule has 0 bridgehead atoms. The molecular formula is C14H25N5O2. The summed E-state index contributed by atoms with van der Waals surface area (Å²) in [4.78, 5) is 12.9. The molecule has 2 rings (SSSR count). The molecule has 2 N–H and O–H groups in total. The number of hydrogen-bond acceptors (Lipinski definition) is 7. The molecular weight excluding hydrogens is 270 g/mol. The largest absolute Gasteiger partial charge is 0.464 e. The van der Waals surface area contributed by atoms with Gasteiger partial charge in [0.25, 0.3) is 0 Å². The Balaban J connectivity index is 2.03. The third-order valence-electron chi connectivity index (χ3n) is 3.60. The number of aromatic nitrogens is 3. The summed E-state index contributed by atoms with van der Waals surface area (Å²) in [5.74, 6) is 1.09. The zero-order valence-electron chi connectivity index (χ0n) is 13.1. The van der Waals surface area contributed by atoms with Crippen LogP contribution >= 0.6 is 0 Å². The second-order valence-electron chi connectivity index (χ2n) is 5.51. The van der Waals surface area contributed by atoms with Crippen LogP contribution in [0.15, 0.2) is 0 Å². The molecule has 1 aromatic heterocycles. The monoisotopic (exact) mass is 295 g/mol. The number of ether oxygens (including phenoxy) is 2. The molecule has 1 aliphatic heterocycles. The van der Waals surface area contributed by atoms with Crippen LogP contribution in [-0.4, -0.2) is 47.9 Å². The van der Waals surface area contributed by atoms with Gasteiger partial charge >= 0.3 is 6.01 Å². The van der Waals surface area contributed by atoms with Crippen LogP contribution in [0.1, 0.15) is 33.6 Å². The van der Waals surface area contributed by atoms with Crippen molar-refractivity contribution >= 4 is 11.9 Å². The Hall–Kier alpha value is -1.63.